The number of hydrogen-bond donors (Lipinski definition) is 1. The summed E-state index contributed by atoms with van der Waals surface area (Å²) < 4.78 is 47.6. The molecule has 10 heteroatoms. The number of sulfonamides is 1. The fourth-order valence-electron chi connectivity index (χ4n) is 4.08. The summed E-state index contributed by atoms with van der Waals surface area (Å²) in [6, 6.07) is 11.3. The van der Waals surface area contributed by atoms with Gasteiger partial charge >= 0.3 is 0 Å². The SMILES string of the molecule is Cc1cc(Cl)ccc1NC(=O)[C@H]1CCCN(S(=O)(=O)c2c(C)noc2/C=C/c2ccccc2F)C1. The number of nitrogens with one attached hydrogen (secondary N) is 1. The number of carbonyl (C=O) groups excluding carboxylic acids is 1. The highest BCUT2D eigenvalue weighted by Gasteiger charge is 2.37. The van der Waals surface area contributed by atoms with Gasteiger partial charge in [-0.1, -0.05) is 35.0 Å². The fourth-order valence-corrected chi connectivity index (χ4v) is 6.08. The molecule has 1 aliphatic heterocycles. The molecule has 0 radical (unpaired) electrons. The quantitative estimate of drug-likeness (QED) is 0.479. The Hall–Kier alpha value is -3.01. The minimum absolute atomic E-state index is 0.00844. The van der Waals surface area contributed by atoms with E-state index in [2.05, 4.69) is 10.5 Å². The zero-order chi connectivity index (χ0) is 25.2. The predicted molar refractivity (Wildman–Crippen MR) is 133 cm³/mol. The topological polar surface area (TPSA) is 92.5 Å². The van der Waals surface area contributed by atoms with Gasteiger partial charge in [-0.25, -0.2) is 12.8 Å². The molecule has 2 heterocycles. The zero-order valence-electron chi connectivity index (χ0n) is 19.3. The summed E-state index contributed by atoms with van der Waals surface area (Å²) in [7, 11) is -4.01. The van der Waals surface area contributed by atoms with Gasteiger partial charge in [0, 0.05) is 29.4 Å². The van der Waals surface area contributed by atoms with Crippen LogP contribution < -0.4 is 5.32 Å². The van der Waals surface area contributed by atoms with Crippen molar-refractivity contribution in [1.29, 1.82) is 0 Å². The van der Waals surface area contributed by atoms with Crippen LogP contribution in [0.4, 0.5) is 10.1 Å². The second-order valence-corrected chi connectivity index (χ2v) is 10.8. The van der Waals surface area contributed by atoms with Crippen molar-refractivity contribution in [3.8, 4) is 0 Å². The molecule has 3 aromatic rings. The first-order chi connectivity index (χ1) is 16.7. The van der Waals surface area contributed by atoms with Crippen molar-refractivity contribution < 1.29 is 22.1 Å². The van der Waals surface area contributed by atoms with E-state index in [4.69, 9.17) is 16.1 Å². The van der Waals surface area contributed by atoms with E-state index in [1.807, 2.05) is 6.92 Å². The molecule has 1 saturated heterocycles. The average Bonchev–Trinajstić information content (AvgIpc) is 3.21. The van der Waals surface area contributed by atoms with Gasteiger partial charge in [-0.05, 0) is 68.7 Å². The summed E-state index contributed by atoms with van der Waals surface area (Å²) >= 11 is 5.99. The first kappa shape index (κ1) is 25.1. The lowest BCUT2D eigenvalue weighted by molar-refractivity contribution is -0.120. The van der Waals surface area contributed by atoms with Crippen LogP contribution in [0, 0.1) is 25.6 Å². The van der Waals surface area contributed by atoms with Crippen LogP contribution in [-0.2, 0) is 14.8 Å². The monoisotopic (exact) mass is 517 g/mol. The molecule has 0 saturated carbocycles. The maximum absolute atomic E-state index is 14.0. The van der Waals surface area contributed by atoms with Crippen molar-refractivity contribution in [3.63, 3.8) is 0 Å². The minimum Gasteiger partial charge on any atom is -0.355 e. The van der Waals surface area contributed by atoms with E-state index in [9.17, 15) is 17.6 Å². The summed E-state index contributed by atoms with van der Waals surface area (Å²) in [6.07, 6.45) is 3.92. The molecule has 0 aliphatic carbocycles. The van der Waals surface area contributed by atoms with Gasteiger partial charge < -0.3 is 9.84 Å². The molecule has 1 fully saturated rings. The third-order valence-corrected chi connectivity index (χ3v) is 8.21. The van der Waals surface area contributed by atoms with Crippen molar-refractivity contribution >= 4 is 45.4 Å². The summed E-state index contributed by atoms with van der Waals surface area (Å²) in [4.78, 5) is 12.9. The Morgan fingerprint density at radius 2 is 2.00 bits per heavy atom. The number of halogens is 2. The Labute approximate surface area is 208 Å². The number of nitrogens with zero attached hydrogens (tertiary/aromatic N) is 2. The largest absolute Gasteiger partial charge is 0.355 e. The summed E-state index contributed by atoms with van der Waals surface area (Å²) in [5, 5.41) is 7.28. The van der Waals surface area contributed by atoms with E-state index in [0.29, 0.717) is 23.6 Å². The van der Waals surface area contributed by atoms with Crippen LogP contribution in [0.1, 0.15) is 35.4 Å². The number of aryl methyl sites for hydroxylation is 2. The van der Waals surface area contributed by atoms with Gasteiger partial charge in [-0.15, -0.1) is 0 Å². The molecule has 2 aromatic carbocycles. The van der Waals surface area contributed by atoms with Crippen LogP contribution in [0.3, 0.4) is 0 Å². The lowest BCUT2D eigenvalue weighted by Crippen LogP contribution is -2.44. The molecular formula is C25H25ClFN3O4S. The number of amides is 1. The maximum atomic E-state index is 14.0. The van der Waals surface area contributed by atoms with E-state index in [1.54, 1.807) is 36.4 Å². The van der Waals surface area contributed by atoms with Gasteiger partial charge in [0.1, 0.15) is 11.5 Å². The molecule has 35 heavy (non-hydrogen) atoms. The first-order valence-electron chi connectivity index (χ1n) is 11.1. The van der Waals surface area contributed by atoms with E-state index in [0.717, 1.165) is 5.56 Å². The number of carbonyl (C=O) groups is 1. The Morgan fingerprint density at radius 1 is 1.23 bits per heavy atom. The van der Waals surface area contributed by atoms with Gasteiger partial charge in [-0.3, -0.25) is 4.79 Å². The standard InChI is InChI=1S/C25H25ClFN3O4S/c1-16-14-20(26)10-11-22(16)28-25(31)19-7-5-13-30(15-19)35(32,33)24-17(2)29-34-23(24)12-9-18-6-3-4-8-21(18)27/h3-4,6,8-12,14,19H,5,7,13,15H2,1-2H3,(H,28,31)/b12-9+/t19-/m0/s1. The van der Waals surface area contributed by atoms with E-state index in [-0.39, 0.29) is 40.9 Å². The highest BCUT2D eigenvalue weighted by molar-refractivity contribution is 7.89. The van der Waals surface area contributed by atoms with Crippen molar-refractivity contribution in [2.75, 3.05) is 18.4 Å². The Morgan fingerprint density at radius 3 is 2.74 bits per heavy atom. The maximum Gasteiger partial charge on any atom is 0.248 e. The van der Waals surface area contributed by atoms with Crippen molar-refractivity contribution in [2.24, 2.45) is 5.92 Å². The van der Waals surface area contributed by atoms with Gasteiger partial charge in [0.05, 0.1) is 5.92 Å². The number of aromatic nitrogens is 1. The molecule has 1 N–H and O–H groups in total. The third-order valence-electron chi connectivity index (χ3n) is 5.95. The molecule has 0 unspecified atom stereocenters. The van der Waals surface area contributed by atoms with Crippen LogP contribution >= 0.6 is 11.6 Å². The lowest BCUT2D eigenvalue weighted by Gasteiger charge is -2.31. The normalized spacial score (nSPS) is 17.1. The molecule has 1 aliphatic rings. The number of benzene rings is 2. The molecule has 0 spiro atoms. The van der Waals surface area contributed by atoms with Crippen LogP contribution in [0.2, 0.25) is 5.02 Å². The fraction of sp³-hybridized carbons (Fsp3) is 0.280. The van der Waals surface area contributed by atoms with Crippen LogP contribution in [-0.4, -0.2) is 36.9 Å². The summed E-state index contributed by atoms with van der Waals surface area (Å²) in [5.41, 5.74) is 1.94. The predicted octanol–water partition coefficient (Wildman–Crippen LogP) is 5.29. The number of anilines is 1. The average molecular weight is 518 g/mol. The highest BCUT2D eigenvalue weighted by Crippen LogP contribution is 2.30. The van der Waals surface area contributed by atoms with E-state index < -0.39 is 21.8 Å². The molecule has 1 atom stereocenters. The van der Waals surface area contributed by atoms with Gasteiger partial charge in [0.15, 0.2) is 10.7 Å². The third kappa shape index (κ3) is 5.47. The smallest absolute Gasteiger partial charge is 0.248 e. The van der Waals surface area contributed by atoms with Gasteiger partial charge in [0.25, 0.3) is 0 Å². The van der Waals surface area contributed by atoms with Gasteiger partial charge in [0.2, 0.25) is 15.9 Å². The van der Waals surface area contributed by atoms with E-state index >= 15 is 0 Å². The molecule has 4 rings (SSSR count). The second-order valence-electron chi connectivity index (χ2n) is 8.47. The molecule has 1 aromatic heterocycles. The Balaban J connectivity index is 1.54. The number of rotatable bonds is 6. The summed E-state index contributed by atoms with van der Waals surface area (Å²) in [6.45, 7) is 3.67. The Bertz CT molecular complexity index is 1390. The summed E-state index contributed by atoms with van der Waals surface area (Å²) in [5.74, 6) is -1.21. The molecule has 184 valence electrons. The lowest BCUT2D eigenvalue weighted by atomic mass is 9.98. The number of piperidine rings is 1. The van der Waals surface area contributed by atoms with Crippen molar-refractivity contribution in [1.82, 2.24) is 9.46 Å². The van der Waals surface area contributed by atoms with Crippen LogP contribution in [0.25, 0.3) is 12.2 Å². The van der Waals surface area contributed by atoms with Gasteiger partial charge in [-0.2, -0.15) is 4.31 Å². The van der Waals surface area contributed by atoms with Crippen LogP contribution in [0.5, 0.6) is 0 Å². The van der Waals surface area contributed by atoms with E-state index in [1.165, 1.54) is 29.4 Å². The minimum atomic E-state index is -4.01. The first-order valence-corrected chi connectivity index (χ1v) is 12.9. The highest BCUT2D eigenvalue weighted by atomic mass is 35.5. The molecule has 0 bridgehead atoms. The van der Waals surface area contributed by atoms with Crippen molar-refractivity contribution in [2.45, 2.75) is 31.6 Å². The molecular weight excluding hydrogens is 493 g/mol. The molecule has 1 amide bonds. The Kier molecular flexibility index (Phi) is 7.39. The van der Waals surface area contributed by atoms with Crippen molar-refractivity contribution in [3.05, 3.63) is 75.9 Å². The molecule has 7 nitrogen and oxygen atoms in total. The second kappa shape index (κ2) is 10.3. The van der Waals surface area contributed by atoms with Crippen LogP contribution in [0.15, 0.2) is 51.9 Å². The zero-order valence-corrected chi connectivity index (χ0v) is 20.9. The number of hydrogen-bond acceptors (Lipinski definition) is 5.